The number of hydrogen-bond acceptors (Lipinski definition) is 3. The molecule has 2 rings (SSSR count). The molecular weight excluding hydrogens is 302 g/mol. The van der Waals surface area contributed by atoms with Gasteiger partial charge in [-0.15, -0.1) is 0 Å². The first-order chi connectivity index (χ1) is 6.22. The van der Waals surface area contributed by atoms with Crippen molar-refractivity contribution < 1.29 is 4.74 Å². The van der Waals surface area contributed by atoms with Crippen LogP contribution in [0, 0.1) is 0 Å². The number of ether oxygens (including phenoxy) is 1. The molecule has 0 spiro atoms. The normalized spacial score (nSPS) is 10.7. The third-order valence-electron chi connectivity index (χ3n) is 1.58. The molecule has 0 aliphatic heterocycles. The van der Waals surface area contributed by atoms with Crippen LogP contribution in [0.25, 0.3) is 5.65 Å². The van der Waals surface area contributed by atoms with E-state index in [-0.39, 0.29) is 0 Å². The molecule has 6 heteroatoms. The van der Waals surface area contributed by atoms with Crippen molar-refractivity contribution in [2.24, 2.45) is 0 Å². The molecule has 4 nitrogen and oxygen atoms in total. The molecule has 0 saturated heterocycles. The fraction of sp³-hybridized carbons (Fsp3) is 0.143. The molecule has 0 aliphatic rings. The van der Waals surface area contributed by atoms with Crippen LogP contribution in [0.5, 0.6) is 5.88 Å². The van der Waals surface area contributed by atoms with Gasteiger partial charge >= 0.3 is 0 Å². The van der Waals surface area contributed by atoms with E-state index < -0.39 is 0 Å². The van der Waals surface area contributed by atoms with Crippen LogP contribution in [0.4, 0.5) is 0 Å². The molecule has 13 heavy (non-hydrogen) atoms. The van der Waals surface area contributed by atoms with Crippen molar-refractivity contribution in [2.75, 3.05) is 7.11 Å². The third-order valence-corrected chi connectivity index (χ3v) is 2.55. The summed E-state index contributed by atoms with van der Waals surface area (Å²) in [5.74, 6) is 0.500. The zero-order valence-electron chi connectivity index (χ0n) is 6.66. The Bertz CT molecular complexity index is 454. The van der Waals surface area contributed by atoms with Crippen molar-refractivity contribution in [3.8, 4) is 5.88 Å². The molecule has 2 heterocycles. The molecule has 0 atom stereocenters. The second kappa shape index (κ2) is 3.26. The first kappa shape index (κ1) is 8.96. The van der Waals surface area contributed by atoms with E-state index in [4.69, 9.17) is 4.74 Å². The Morgan fingerprint density at radius 3 is 2.92 bits per heavy atom. The number of aromatic nitrogens is 3. The Kier molecular flexibility index (Phi) is 2.25. The van der Waals surface area contributed by atoms with Gasteiger partial charge in [-0.3, -0.25) is 4.40 Å². The van der Waals surface area contributed by atoms with Crippen molar-refractivity contribution in [3.63, 3.8) is 0 Å². The number of halogens is 2. The van der Waals surface area contributed by atoms with Crippen molar-refractivity contribution in [1.82, 2.24) is 14.4 Å². The average molecular weight is 307 g/mol. The standard InChI is InChI=1S/C7H5Br2N3O/c1-13-7-6-10-2-5(9)12(6)3-4(8)11-7/h2-3H,1H3. The van der Waals surface area contributed by atoms with Crippen LogP contribution < -0.4 is 4.74 Å². The van der Waals surface area contributed by atoms with Crippen LogP contribution in [0.1, 0.15) is 0 Å². The van der Waals surface area contributed by atoms with Crippen LogP contribution in [-0.2, 0) is 0 Å². The zero-order valence-corrected chi connectivity index (χ0v) is 9.83. The fourth-order valence-electron chi connectivity index (χ4n) is 1.04. The maximum atomic E-state index is 5.08. The van der Waals surface area contributed by atoms with Gasteiger partial charge in [0.1, 0.15) is 9.21 Å². The highest BCUT2D eigenvalue weighted by Gasteiger charge is 2.08. The molecule has 0 N–H and O–H groups in total. The van der Waals surface area contributed by atoms with Gasteiger partial charge in [0.25, 0.3) is 5.88 Å². The number of nitrogens with zero attached hydrogens (tertiary/aromatic N) is 3. The van der Waals surface area contributed by atoms with Crippen molar-refractivity contribution >= 4 is 37.5 Å². The van der Waals surface area contributed by atoms with E-state index >= 15 is 0 Å². The van der Waals surface area contributed by atoms with Crippen LogP contribution in [0.2, 0.25) is 0 Å². The summed E-state index contributed by atoms with van der Waals surface area (Å²) < 4.78 is 8.49. The second-order valence-corrected chi connectivity index (χ2v) is 3.97. The largest absolute Gasteiger partial charge is 0.478 e. The van der Waals surface area contributed by atoms with Crippen molar-refractivity contribution in [2.45, 2.75) is 0 Å². The third kappa shape index (κ3) is 1.44. The Balaban J connectivity index is 2.84. The van der Waals surface area contributed by atoms with Crippen LogP contribution >= 0.6 is 31.9 Å². The SMILES string of the molecule is COc1nc(Br)cn2c(Br)cnc12. The second-order valence-electron chi connectivity index (χ2n) is 2.35. The Labute approximate surface area is 91.2 Å². The molecule has 0 amide bonds. The van der Waals surface area contributed by atoms with Gasteiger partial charge in [-0.05, 0) is 31.9 Å². The van der Waals surface area contributed by atoms with Crippen molar-refractivity contribution in [1.29, 1.82) is 0 Å². The summed E-state index contributed by atoms with van der Waals surface area (Å²) in [6.07, 6.45) is 3.51. The number of hydrogen-bond donors (Lipinski definition) is 0. The quantitative estimate of drug-likeness (QED) is 0.811. The maximum absolute atomic E-state index is 5.08. The van der Waals surface area contributed by atoms with Crippen LogP contribution in [-0.4, -0.2) is 21.5 Å². The summed E-state index contributed by atoms with van der Waals surface area (Å²) >= 11 is 6.64. The Morgan fingerprint density at radius 2 is 2.23 bits per heavy atom. The minimum absolute atomic E-state index is 0.500. The molecule has 0 saturated carbocycles. The molecule has 0 unspecified atom stereocenters. The van der Waals surface area contributed by atoms with Crippen molar-refractivity contribution in [3.05, 3.63) is 21.6 Å². The lowest BCUT2D eigenvalue weighted by Gasteiger charge is -2.01. The minimum atomic E-state index is 0.500. The predicted octanol–water partition coefficient (Wildman–Crippen LogP) is 2.26. The van der Waals surface area contributed by atoms with E-state index in [1.165, 1.54) is 0 Å². The van der Waals surface area contributed by atoms with Gasteiger partial charge < -0.3 is 4.74 Å². The van der Waals surface area contributed by atoms with Crippen LogP contribution in [0.15, 0.2) is 21.6 Å². The number of methoxy groups -OCH3 is 1. The van der Waals surface area contributed by atoms with Gasteiger partial charge in [-0.25, -0.2) is 9.97 Å². The number of imidazole rings is 1. The molecule has 0 aliphatic carbocycles. The number of rotatable bonds is 1. The summed E-state index contributed by atoms with van der Waals surface area (Å²) in [7, 11) is 1.57. The van der Waals surface area contributed by atoms with E-state index in [9.17, 15) is 0 Å². The number of fused-ring (bicyclic) bond motifs is 1. The molecule has 0 aromatic carbocycles. The van der Waals surface area contributed by atoms with Gasteiger partial charge in [0, 0.05) is 6.20 Å². The topological polar surface area (TPSA) is 39.4 Å². The van der Waals surface area contributed by atoms with Gasteiger partial charge in [-0.1, -0.05) is 0 Å². The molecule has 0 bridgehead atoms. The molecule has 2 aromatic heterocycles. The Hall–Kier alpha value is -0.620. The summed E-state index contributed by atoms with van der Waals surface area (Å²) in [5.41, 5.74) is 0.692. The monoisotopic (exact) mass is 305 g/mol. The van der Waals surface area contributed by atoms with E-state index in [2.05, 4.69) is 41.8 Å². The van der Waals surface area contributed by atoms with Gasteiger partial charge in [0.15, 0.2) is 0 Å². The highest BCUT2D eigenvalue weighted by atomic mass is 79.9. The van der Waals surface area contributed by atoms with Gasteiger partial charge in [-0.2, -0.15) is 0 Å². The zero-order chi connectivity index (χ0) is 9.42. The molecule has 2 aromatic rings. The summed E-state index contributed by atoms with van der Waals surface area (Å²) in [5, 5.41) is 0. The predicted molar refractivity (Wildman–Crippen MR) is 54.9 cm³/mol. The lowest BCUT2D eigenvalue weighted by atomic mass is 10.6. The lowest BCUT2D eigenvalue weighted by Crippen LogP contribution is -1.94. The summed E-state index contributed by atoms with van der Waals surface area (Å²) in [4.78, 5) is 8.26. The lowest BCUT2D eigenvalue weighted by molar-refractivity contribution is 0.399. The Morgan fingerprint density at radius 1 is 1.46 bits per heavy atom. The highest BCUT2D eigenvalue weighted by molar-refractivity contribution is 9.10. The van der Waals surface area contributed by atoms with E-state index in [1.54, 1.807) is 13.3 Å². The van der Waals surface area contributed by atoms with Gasteiger partial charge in [0.05, 0.1) is 13.3 Å². The molecule has 0 fully saturated rings. The first-order valence-corrected chi connectivity index (χ1v) is 5.04. The minimum Gasteiger partial charge on any atom is -0.478 e. The first-order valence-electron chi connectivity index (χ1n) is 3.45. The smallest absolute Gasteiger partial charge is 0.259 e. The average Bonchev–Trinajstić information content (AvgIpc) is 2.47. The van der Waals surface area contributed by atoms with Gasteiger partial charge in [0.2, 0.25) is 5.65 Å². The summed E-state index contributed by atoms with van der Waals surface area (Å²) in [6.45, 7) is 0. The van der Waals surface area contributed by atoms with E-state index in [1.807, 2.05) is 10.6 Å². The molecule has 68 valence electrons. The molecule has 0 radical (unpaired) electrons. The highest BCUT2D eigenvalue weighted by Crippen LogP contribution is 2.22. The maximum Gasteiger partial charge on any atom is 0.259 e. The van der Waals surface area contributed by atoms with Crippen LogP contribution in [0.3, 0.4) is 0 Å². The van der Waals surface area contributed by atoms with E-state index in [0.717, 1.165) is 4.60 Å². The van der Waals surface area contributed by atoms with E-state index in [0.29, 0.717) is 16.1 Å². The fourth-order valence-corrected chi connectivity index (χ4v) is 1.78. The molecular formula is C7H5Br2N3O. The summed E-state index contributed by atoms with van der Waals surface area (Å²) in [6, 6.07) is 0.